The second-order valence-electron chi connectivity index (χ2n) is 6.75. The number of carbonyl (C=O) groups is 1. The highest BCUT2D eigenvalue weighted by Gasteiger charge is 2.19. The number of anilines is 1. The van der Waals surface area contributed by atoms with Gasteiger partial charge in [-0.2, -0.15) is 0 Å². The van der Waals surface area contributed by atoms with E-state index < -0.39 is 0 Å². The van der Waals surface area contributed by atoms with E-state index in [9.17, 15) is 4.79 Å². The lowest BCUT2D eigenvalue weighted by Crippen LogP contribution is -2.40. The standard InChI is InChI=1S/C21H27N3OS/c22-21(25)16-26-20-9-5-4-8-19(20)23-18-11-14-24(15-12-18)13-10-17-6-2-1-3-7-17/h1-9,18,23H,10-16H2,(H2,22,25). The van der Waals surface area contributed by atoms with Crippen LogP contribution in [0.15, 0.2) is 59.5 Å². The van der Waals surface area contributed by atoms with Crippen molar-refractivity contribution in [3.8, 4) is 0 Å². The molecule has 1 heterocycles. The molecule has 5 heteroatoms. The SMILES string of the molecule is NC(=O)CSc1ccccc1NC1CCN(CCc2ccccc2)CC1. The molecule has 0 bridgehead atoms. The number of rotatable bonds is 8. The molecule has 2 aromatic rings. The van der Waals surface area contributed by atoms with Crippen molar-refractivity contribution in [2.75, 3.05) is 30.7 Å². The summed E-state index contributed by atoms with van der Waals surface area (Å²) in [5, 5.41) is 3.67. The molecule has 1 aliphatic rings. The Kier molecular flexibility index (Phi) is 6.97. The van der Waals surface area contributed by atoms with E-state index in [0.29, 0.717) is 11.8 Å². The summed E-state index contributed by atoms with van der Waals surface area (Å²) in [5.74, 6) is 0.0351. The number of piperidine rings is 1. The summed E-state index contributed by atoms with van der Waals surface area (Å²) in [4.78, 5) is 14.7. The molecule has 1 amide bonds. The van der Waals surface area contributed by atoms with E-state index in [-0.39, 0.29) is 5.91 Å². The minimum atomic E-state index is -0.281. The molecule has 1 aliphatic heterocycles. The molecule has 0 spiro atoms. The van der Waals surface area contributed by atoms with Crippen molar-refractivity contribution in [3.05, 3.63) is 60.2 Å². The van der Waals surface area contributed by atoms with Crippen LogP contribution in [-0.2, 0) is 11.2 Å². The van der Waals surface area contributed by atoms with Gasteiger partial charge in [0.15, 0.2) is 0 Å². The number of nitrogens with two attached hydrogens (primary N) is 1. The zero-order valence-corrected chi connectivity index (χ0v) is 15.9. The Morgan fingerprint density at radius 2 is 1.77 bits per heavy atom. The van der Waals surface area contributed by atoms with Crippen LogP contribution >= 0.6 is 11.8 Å². The minimum Gasteiger partial charge on any atom is -0.381 e. The van der Waals surface area contributed by atoms with E-state index >= 15 is 0 Å². The molecule has 26 heavy (non-hydrogen) atoms. The van der Waals surface area contributed by atoms with Gasteiger partial charge in [-0.3, -0.25) is 4.79 Å². The van der Waals surface area contributed by atoms with Gasteiger partial charge in [0.2, 0.25) is 5.91 Å². The van der Waals surface area contributed by atoms with Gasteiger partial charge in [0.05, 0.1) is 5.75 Å². The number of amides is 1. The first-order chi connectivity index (χ1) is 12.7. The molecule has 2 aromatic carbocycles. The van der Waals surface area contributed by atoms with Gasteiger partial charge in [-0.25, -0.2) is 0 Å². The number of thioether (sulfide) groups is 1. The van der Waals surface area contributed by atoms with Crippen molar-refractivity contribution in [3.63, 3.8) is 0 Å². The number of primary amides is 1. The fraction of sp³-hybridized carbons (Fsp3) is 0.381. The molecule has 1 fully saturated rings. The van der Waals surface area contributed by atoms with Crippen LogP contribution in [0.25, 0.3) is 0 Å². The monoisotopic (exact) mass is 369 g/mol. The molecular weight excluding hydrogens is 342 g/mol. The minimum absolute atomic E-state index is 0.281. The normalized spacial score (nSPS) is 15.7. The molecule has 3 N–H and O–H groups in total. The van der Waals surface area contributed by atoms with Gasteiger partial charge in [0, 0.05) is 36.3 Å². The lowest BCUT2D eigenvalue weighted by atomic mass is 10.0. The quantitative estimate of drug-likeness (QED) is 0.701. The van der Waals surface area contributed by atoms with Crippen molar-refractivity contribution in [1.29, 1.82) is 0 Å². The number of para-hydroxylation sites is 1. The Labute approximate surface area is 160 Å². The molecule has 0 aromatic heterocycles. The molecular formula is C21H27N3OS. The topological polar surface area (TPSA) is 58.4 Å². The summed E-state index contributed by atoms with van der Waals surface area (Å²) in [7, 11) is 0. The van der Waals surface area contributed by atoms with Gasteiger partial charge in [-0.05, 0) is 37.0 Å². The number of nitrogens with zero attached hydrogens (tertiary/aromatic N) is 1. The van der Waals surface area contributed by atoms with E-state index in [1.807, 2.05) is 18.2 Å². The Morgan fingerprint density at radius 1 is 1.08 bits per heavy atom. The van der Waals surface area contributed by atoms with Crippen LogP contribution in [0.4, 0.5) is 5.69 Å². The summed E-state index contributed by atoms with van der Waals surface area (Å²) in [5.41, 5.74) is 7.80. The zero-order valence-electron chi connectivity index (χ0n) is 15.1. The van der Waals surface area contributed by atoms with Crippen LogP contribution < -0.4 is 11.1 Å². The third-order valence-electron chi connectivity index (χ3n) is 4.76. The lowest BCUT2D eigenvalue weighted by molar-refractivity contribution is -0.115. The predicted octanol–water partition coefficient (Wildman–Crippen LogP) is 3.38. The molecule has 0 atom stereocenters. The van der Waals surface area contributed by atoms with Gasteiger partial charge in [-0.15, -0.1) is 11.8 Å². The fourth-order valence-corrected chi connectivity index (χ4v) is 4.07. The molecule has 1 saturated heterocycles. The highest BCUT2D eigenvalue weighted by Crippen LogP contribution is 2.28. The number of likely N-dealkylation sites (tertiary alicyclic amines) is 1. The average molecular weight is 370 g/mol. The van der Waals surface area contributed by atoms with E-state index in [0.717, 1.165) is 49.5 Å². The third kappa shape index (κ3) is 5.78. The first kappa shape index (κ1) is 18.8. The maximum absolute atomic E-state index is 11.0. The molecule has 0 aliphatic carbocycles. The number of hydrogen-bond acceptors (Lipinski definition) is 4. The Hall–Kier alpha value is -1.98. The second kappa shape index (κ2) is 9.64. The largest absolute Gasteiger partial charge is 0.381 e. The predicted molar refractivity (Wildman–Crippen MR) is 110 cm³/mol. The zero-order chi connectivity index (χ0) is 18.2. The van der Waals surface area contributed by atoms with Crippen LogP contribution in [0.3, 0.4) is 0 Å². The van der Waals surface area contributed by atoms with E-state index in [2.05, 4.69) is 46.6 Å². The summed E-state index contributed by atoms with van der Waals surface area (Å²) >= 11 is 1.50. The van der Waals surface area contributed by atoms with Crippen LogP contribution in [0, 0.1) is 0 Å². The van der Waals surface area contributed by atoms with Crippen molar-refractivity contribution in [2.45, 2.75) is 30.2 Å². The van der Waals surface area contributed by atoms with Crippen molar-refractivity contribution in [1.82, 2.24) is 4.90 Å². The Morgan fingerprint density at radius 3 is 2.50 bits per heavy atom. The van der Waals surface area contributed by atoms with E-state index in [1.165, 1.54) is 17.3 Å². The Bertz CT molecular complexity index is 699. The molecule has 138 valence electrons. The highest BCUT2D eigenvalue weighted by molar-refractivity contribution is 8.00. The van der Waals surface area contributed by atoms with E-state index in [4.69, 9.17) is 5.73 Å². The summed E-state index contributed by atoms with van der Waals surface area (Å²) in [6, 6.07) is 19.4. The molecule has 4 nitrogen and oxygen atoms in total. The second-order valence-corrected chi connectivity index (χ2v) is 7.76. The highest BCUT2D eigenvalue weighted by atomic mass is 32.2. The maximum atomic E-state index is 11.0. The number of nitrogens with one attached hydrogen (secondary N) is 1. The number of hydrogen-bond donors (Lipinski definition) is 2. The first-order valence-corrected chi connectivity index (χ1v) is 10.2. The van der Waals surface area contributed by atoms with Gasteiger partial charge in [-0.1, -0.05) is 42.5 Å². The number of benzene rings is 2. The van der Waals surface area contributed by atoms with Crippen molar-refractivity contribution in [2.24, 2.45) is 5.73 Å². The molecule has 0 radical (unpaired) electrons. The van der Waals surface area contributed by atoms with Crippen LogP contribution in [0.1, 0.15) is 18.4 Å². The van der Waals surface area contributed by atoms with Gasteiger partial charge in [0.25, 0.3) is 0 Å². The van der Waals surface area contributed by atoms with Gasteiger partial charge in [0.1, 0.15) is 0 Å². The first-order valence-electron chi connectivity index (χ1n) is 9.23. The van der Waals surface area contributed by atoms with Crippen molar-refractivity contribution < 1.29 is 4.79 Å². The number of carbonyl (C=O) groups excluding carboxylic acids is 1. The van der Waals surface area contributed by atoms with Crippen LogP contribution in [0.5, 0.6) is 0 Å². The molecule has 0 saturated carbocycles. The summed E-state index contributed by atoms with van der Waals surface area (Å²) in [6.07, 6.45) is 3.40. The summed E-state index contributed by atoms with van der Waals surface area (Å²) < 4.78 is 0. The third-order valence-corrected chi connectivity index (χ3v) is 5.86. The maximum Gasteiger partial charge on any atom is 0.227 e. The van der Waals surface area contributed by atoms with E-state index in [1.54, 1.807) is 0 Å². The van der Waals surface area contributed by atoms with Crippen LogP contribution in [0.2, 0.25) is 0 Å². The van der Waals surface area contributed by atoms with Gasteiger partial charge >= 0.3 is 0 Å². The van der Waals surface area contributed by atoms with Gasteiger partial charge < -0.3 is 16.0 Å². The summed E-state index contributed by atoms with van der Waals surface area (Å²) in [6.45, 7) is 3.38. The average Bonchev–Trinajstić information content (AvgIpc) is 2.67. The molecule has 3 rings (SSSR count). The smallest absolute Gasteiger partial charge is 0.227 e. The van der Waals surface area contributed by atoms with Crippen LogP contribution in [-0.4, -0.2) is 42.2 Å². The Balaban J connectivity index is 1.46. The lowest BCUT2D eigenvalue weighted by Gasteiger charge is -2.33. The van der Waals surface area contributed by atoms with Crippen molar-refractivity contribution >= 4 is 23.4 Å². The molecule has 0 unspecified atom stereocenters. The fourth-order valence-electron chi connectivity index (χ4n) is 3.31.